The van der Waals surface area contributed by atoms with Crippen molar-refractivity contribution in [1.82, 2.24) is 9.55 Å². The minimum atomic E-state index is -0.0251. The Morgan fingerprint density at radius 3 is 1.93 bits per heavy atom. The molecule has 0 radical (unpaired) electrons. The summed E-state index contributed by atoms with van der Waals surface area (Å²) in [5.74, 6) is 1.60. The first-order chi connectivity index (χ1) is 21.3. The number of hydrogen-bond acceptors (Lipinski definition) is 2. The van der Waals surface area contributed by atoms with Gasteiger partial charge in [0.15, 0.2) is 0 Å². The van der Waals surface area contributed by atoms with E-state index in [0.29, 0.717) is 5.92 Å². The van der Waals surface area contributed by atoms with Gasteiger partial charge in [0.1, 0.15) is 5.82 Å². The van der Waals surface area contributed by atoms with Crippen molar-refractivity contribution in [3.63, 3.8) is 0 Å². The van der Waals surface area contributed by atoms with E-state index < -0.39 is 0 Å². The maximum absolute atomic E-state index is 5.36. The molecule has 0 fully saturated rings. The predicted octanol–water partition coefficient (Wildman–Crippen LogP) is 11.7. The average Bonchev–Trinajstić information content (AvgIpc) is 3.61. The van der Waals surface area contributed by atoms with Crippen LogP contribution in [-0.2, 0) is 11.8 Å². The van der Waals surface area contributed by atoms with Crippen molar-refractivity contribution in [3.05, 3.63) is 132 Å². The number of thiophene rings is 1. The number of benzene rings is 5. The summed E-state index contributed by atoms with van der Waals surface area (Å²) in [6.45, 7) is 11.5. The monoisotopic (exact) mass is 590 g/mol. The van der Waals surface area contributed by atoms with Crippen LogP contribution in [0.5, 0.6) is 0 Å². The Bertz CT molecular complexity index is 2030. The Hall–Kier alpha value is -4.47. The molecule has 0 aliphatic rings. The van der Waals surface area contributed by atoms with Gasteiger partial charge in [-0.25, -0.2) is 4.98 Å². The van der Waals surface area contributed by atoms with E-state index in [9.17, 15) is 0 Å². The molecule has 0 aliphatic heterocycles. The number of aromatic nitrogens is 2. The van der Waals surface area contributed by atoms with Crippen LogP contribution in [0.2, 0.25) is 0 Å². The van der Waals surface area contributed by atoms with Crippen LogP contribution >= 0.6 is 11.3 Å². The molecule has 5 aromatic carbocycles. The normalized spacial score (nSPS) is 12.0. The molecule has 0 unspecified atom stereocenters. The first-order valence-corrected chi connectivity index (χ1v) is 16.4. The molecule has 0 atom stereocenters. The van der Waals surface area contributed by atoms with Crippen LogP contribution in [0.15, 0.2) is 121 Å². The lowest BCUT2D eigenvalue weighted by Crippen LogP contribution is -2.13. The van der Waals surface area contributed by atoms with Crippen LogP contribution in [0.4, 0.5) is 0 Å². The average molecular weight is 591 g/mol. The van der Waals surface area contributed by atoms with Gasteiger partial charge in [0.05, 0.1) is 16.7 Å². The second-order valence-corrected chi connectivity index (χ2v) is 14.2. The first kappa shape index (κ1) is 28.3. The van der Waals surface area contributed by atoms with E-state index in [1.807, 2.05) is 11.3 Å². The molecule has 0 saturated heterocycles. The highest BCUT2D eigenvalue weighted by Gasteiger charge is 2.26. The molecule has 7 rings (SSSR count). The summed E-state index contributed by atoms with van der Waals surface area (Å²) < 4.78 is 3.74. The molecule has 7 aromatic rings. The predicted molar refractivity (Wildman–Crippen MR) is 190 cm³/mol. The maximum atomic E-state index is 5.36. The van der Waals surface area contributed by atoms with Gasteiger partial charge >= 0.3 is 0 Å². The maximum Gasteiger partial charge on any atom is 0.147 e. The number of imidazole rings is 1. The van der Waals surface area contributed by atoms with E-state index in [0.717, 1.165) is 29.0 Å². The van der Waals surface area contributed by atoms with Crippen LogP contribution in [0.25, 0.3) is 60.4 Å². The molecular weight excluding hydrogens is 553 g/mol. The van der Waals surface area contributed by atoms with Gasteiger partial charge in [-0.15, -0.1) is 11.3 Å². The molecular formula is C41H38N2S. The number of fused-ring (bicyclic) bond motifs is 2. The standard InChI is InChI=1S/C41H38N2S/c1-27(2)22-28-20-21-32-35(26-44-38(32)23-28)40-42-36-18-12-13-19-37(36)43(40)39-33(29-14-8-6-9-15-29)24-31(41(3,4)5)25-34(39)30-16-10-7-11-17-30/h6-21,23-27H,22H2,1-5H3. The Kier molecular flexibility index (Phi) is 7.22. The topological polar surface area (TPSA) is 17.8 Å². The molecule has 0 saturated carbocycles. The Balaban J connectivity index is 1.60. The Morgan fingerprint density at radius 1 is 0.705 bits per heavy atom. The molecule has 2 heterocycles. The van der Waals surface area contributed by atoms with Crippen molar-refractivity contribution in [2.75, 3.05) is 0 Å². The van der Waals surface area contributed by atoms with Crippen LogP contribution in [0.1, 0.15) is 45.7 Å². The summed E-state index contributed by atoms with van der Waals surface area (Å²) in [6, 6.07) is 42.0. The molecule has 44 heavy (non-hydrogen) atoms. The highest BCUT2D eigenvalue weighted by atomic mass is 32.1. The highest BCUT2D eigenvalue weighted by Crippen LogP contribution is 2.44. The third kappa shape index (κ3) is 5.16. The summed E-state index contributed by atoms with van der Waals surface area (Å²) in [6.07, 6.45) is 1.09. The van der Waals surface area contributed by atoms with E-state index in [-0.39, 0.29) is 5.41 Å². The number of hydrogen-bond donors (Lipinski definition) is 0. The Labute approximate surface area is 264 Å². The molecule has 2 nitrogen and oxygen atoms in total. The Morgan fingerprint density at radius 2 is 1.32 bits per heavy atom. The van der Waals surface area contributed by atoms with Gasteiger partial charge in [0, 0.05) is 32.2 Å². The van der Waals surface area contributed by atoms with Gasteiger partial charge in [-0.3, -0.25) is 4.57 Å². The molecule has 0 bridgehead atoms. The second-order valence-electron chi connectivity index (χ2n) is 13.2. The summed E-state index contributed by atoms with van der Waals surface area (Å²) in [4.78, 5) is 5.36. The van der Waals surface area contributed by atoms with Crippen LogP contribution < -0.4 is 0 Å². The van der Waals surface area contributed by atoms with E-state index in [4.69, 9.17) is 4.98 Å². The zero-order valence-electron chi connectivity index (χ0n) is 26.1. The van der Waals surface area contributed by atoms with Gasteiger partial charge in [0.25, 0.3) is 0 Å². The quantitative estimate of drug-likeness (QED) is 0.188. The van der Waals surface area contributed by atoms with Gasteiger partial charge in [-0.1, -0.05) is 120 Å². The minimum Gasteiger partial charge on any atom is -0.291 e. The molecule has 0 aliphatic carbocycles. The molecule has 218 valence electrons. The number of rotatable bonds is 6. The zero-order valence-corrected chi connectivity index (χ0v) is 27.0. The van der Waals surface area contributed by atoms with Crippen molar-refractivity contribution in [1.29, 1.82) is 0 Å². The molecule has 3 heteroatoms. The SMILES string of the molecule is CC(C)Cc1ccc2c(-c3nc4ccccc4n3-c3c(-c4ccccc4)cc(C(C)(C)C)cc3-c3ccccc3)csc2c1. The fourth-order valence-electron chi connectivity index (χ4n) is 6.26. The number of nitrogens with zero attached hydrogens (tertiary/aromatic N) is 2. The van der Waals surface area contributed by atoms with Gasteiger partial charge in [0.2, 0.25) is 0 Å². The molecule has 0 spiro atoms. The van der Waals surface area contributed by atoms with E-state index >= 15 is 0 Å². The summed E-state index contributed by atoms with van der Waals surface area (Å²) in [5.41, 5.74) is 11.9. The van der Waals surface area contributed by atoms with Crippen LogP contribution in [0.3, 0.4) is 0 Å². The third-order valence-corrected chi connectivity index (χ3v) is 9.40. The minimum absolute atomic E-state index is 0.0251. The lowest BCUT2D eigenvalue weighted by Gasteiger charge is -2.26. The summed E-state index contributed by atoms with van der Waals surface area (Å²) >= 11 is 1.82. The van der Waals surface area contributed by atoms with Gasteiger partial charge < -0.3 is 0 Å². The second kappa shape index (κ2) is 11.2. The fraction of sp³-hybridized carbons (Fsp3) is 0.195. The van der Waals surface area contributed by atoms with Gasteiger partial charge in [-0.2, -0.15) is 0 Å². The molecule has 0 N–H and O–H groups in total. The van der Waals surface area contributed by atoms with E-state index in [1.165, 1.54) is 49.0 Å². The summed E-state index contributed by atoms with van der Waals surface area (Å²) in [7, 11) is 0. The largest absolute Gasteiger partial charge is 0.291 e. The lowest BCUT2D eigenvalue weighted by molar-refractivity contribution is 0.590. The first-order valence-electron chi connectivity index (χ1n) is 15.6. The van der Waals surface area contributed by atoms with E-state index in [2.05, 4.69) is 160 Å². The third-order valence-electron chi connectivity index (χ3n) is 8.45. The van der Waals surface area contributed by atoms with Crippen molar-refractivity contribution in [2.24, 2.45) is 5.92 Å². The lowest BCUT2D eigenvalue weighted by atomic mass is 9.82. The highest BCUT2D eigenvalue weighted by molar-refractivity contribution is 7.17. The van der Waals surface area contributed by atoms with Crippen molar-refractivity contribution in [2.45, 2.75) is 46.5 Å². The fourth-order valence-corrected chi connectivity index (χ4v) is 7.26. The zero-order chi connectivity index (χ0) is 30.4. The molecule has 2 aromatic heterocycles. The van der Waals surface area contributed by atoms with Crippen molar-refractivity contribution in [3.8, 4) is 39.3 Å². The van der Waals surface area contributed by atoms with Crippen LogP contribution in [-0.4, -0.2) is 9.55 Å². The van der Waals surface area contributed by atoms with Crippen LogP contribution in [0, 0.1) is 5.92 Å². The van der Waals surface area contributed by atoms with Gasteiger partial charge in [-0.05, 0) is 70.3 Å². The van der Waals surface area contributed by atoms with Crippen molar-refractivity contribution >= 4 is 32.5 Å². The van der Waals surface area contributed by atoms with Crippen molar-refractivity contribution < 1.29 is 0 Å². The molecule has 0 amide bonds. The number of para-hydroxylation sites is 2. The van der Waals surface area contributed by atoms with E-state index in [1.54, 1.807) is 0 Å². The summed E-state index contributed by atoms with van der Waals surface area (Å²) in [5, 5.41) is 3.56. The smallest absolute Gasteiger partial charge is 0.147 e.